The van der Waals surface area contributed by atoms with Crippen molar-refractivity contribution in [1.29, 1.82) is 0 Å². The van der Waals surface area contributed by atoms with Gasteiger partial charge in [0.05, 0.1) is 6.54 Å². The van der Waals surface area contributed by atoms with Crippen molar-refractivity contribution in [3.63, 3.8) is 0 Å². The van der Waals surface area contributed by atoms with Crippen LogP contribution >= 0.6 is 0 Å². The summed E-state index contributed by atoms with van der Waals surface area (Å²) < 4.78 is 14.0. The maximum Gasteiger partial charge on any atom is 0.319 e. The molecule has 1 aliphatic carbocycles. The molecule has 5 heteroatoms. The number of benzene rings is 5. The minimum atomic E-state index is -2.76. The smallest absolute Gasteiger partial charge is 0.319 e. The van der Waals surface area contributed by atoms with Gasteiger partial charge in [-0.2, -0.15) is 0 Å². The Kier molecular flexibility index (Phi) is 8.67. The van der Waals surface area contributed by atoms with Gasteiger partial charge in [0, 0.05) is 17.2 Å². The highest BCUT2D eigenvalue weighted by atomic mass is 28.4. The molecule has 6 aromatic rings. The Morgan fingerprint density at radius 2 is 1.30 bits per heavy atom. The van der Waals surface area contributed by atoms with Gasteiger partial charge in [-0.3, -0.25) is 0 Å². The lowest BCUT2D eigenvalue weighted by atomic mass is 9.87. The van der Waals surface area contributed by atoms with Crippen molar-refractivity contribution in [3.8, 4) is 28.3 Å². The van der Waals surface area contributed by atoms with Gasteiger partial charge >= 0.3 is 8.32 Å². The Morgan fingerprint density at radius 1 is 0.723 bits per heavy atom. The van der Waals surface area contributed by atoms with Crippen molar-refractivity contribution >= 4 is 18.7 Å². The summed E-state index contributed by atoms with van der Waals surface area (Å²) in [7, 11) is -2.76. The van der Waals surface area contributed by atoms with E-state index in [1.54, 1.807) is 0 Å². The Labute approximate surface area is 279 Å². The van der Waals surface area contributed by atoms with E-state index >= 15 is 0 Å². The molecule has 1 unspecified atom stereocenters. The summed E-state index contributed by atoms with van der Waals surface area (Å²) in [5, 5.41) is 6.28. The Hall–Kier alpha value is -4.71. The quantitative estimate of drug-likeness (QED) is 0.161. The topological polar surface area (TPSA) is 47.3 Å². The number of hydrogen-bond acceptors (Lipinski definition) is 4. The second-order valence-electron chi connectivity index (χ2n) is 13.4. The molecule has 1 N–H and O–H groups in total. The zero-order chi connectivity index (χ0) is 32.3. The van der Waals surface area contributed by atoms with Crippen LogP contribution in [0.25, 0.3) is 22.6 Å². The van der Waals surface area contributed by atoms with Gasteiger partial charge in [0.25, 0.3) is 0 Å². The highest BCUT2D eigenvalue weighted by Crippen LogP contribution is 2.42. The summed E-state index contributed by atoms with van der Waals surface area (Å²) in [5.41, 5.74) is 5.57. The first-order valence-corrected chi connectivity index (χ1v) is 18.6. The lowest BCUT2D eigenvalue weighted by Gasteiger charge is -2.44. The molecule has 1 atom stereocenters. The van der Waals surface area contributed by atoms with Crippen LogP contribution in [0.1, 0.15) is 56.7 Å². The monoisotopic (exact) mass is 634 g/mol. The van der Waals surface area contributed by atoms with E-state index in [0.717, 1.165) is 47.6 Å². The predicted molar refractivity (Wildman–Crippen MR) is 195 cm³/mol. The summed E-state index contributed by atoms with van der Waals surface area (Å²) in [4.78, 5) is 5.01. The standard InChI is InChI=1S/C42H42N2O2Si/c1-42(2,3)47(33-22-12-6-13-23-33,34-24-14-7-15-25-34)46-38-29-17-26-35-36(38)27-16-28-37(35)43-30-39-44-40(31-18-8-4-9-19-31)41(45-39)32-20-10-5-11-21-32/h4-15,17-26,29,37,43H,16,27-28,30H2,1-3H3. The van der Waals surface area contributed by atoms with Crippen molar-refractivity contribution in [3.05, 3.63) is 157 Å². The highest BCUT2D eigenvalue weighted by molar-refractivity contribution is 7.00. The van der Waals surface area contributed by atoms with Crippen LogP contribution in [0.15, 0.2) is 144 Å². The second kappa shape index (κ2) is 13.2. The summed E-state index contributed by atoms with van der Waals surface area (Å²) in [6.07, 6.45) is 3.13. The van der Waals surface area contributed by atoms with Crippen molar-refractivity contribution in [2.75, 3.05) is 0 Å². The molecule has 0 spiro atoms. The molecule has 4 nitrogen and oxygen atoms in total. The van der Waals surface area contributed by atoms with Crippen LogP contribution in [-0.4, -0.2) is 13.3 Å². The molecule has 5 aromatic carbocycles. The van der Waals surface area contributed by atoms with Gasteiger partial charge in [-0.1, -0.05) is 154 Å². The highest BCUT2D eigenvalue weighted by Gasteiger charge is 2.52. The fourth-order valence-electron chi connectivity index (χ4n) is 7.16. The van der Waals surface area contributed by atoms with Crippen LogP contribution in [0.4, 0.5) is 0 Å². The molecule has 0 aliphatic heterocycles. The fraction of sp³-hybridized carbons (Fsp3) is 0.214. The molecule has 0 amide bonds. The maximum absolute atomic E-state index is 7.55. The van der Waals surface area contributed by atoms with Gasteiger partial charge in [-0.25, -0.2) is 4.98 Å². The molecule has 236 valence electrons. The third-order valence-electron chi connectivity index (χ3n) is 9.40. The van der Waals surface area contributed by atoms with E-state index in [1.165, 1.54) is 21.5 Å². The van der Waals surface area contributed by atoms with Crippen LogP contribution in [0.3, 0.4) is 0 Å². The van der Waals surface area contributed by atoms with Gasteiger partial charge < -0.3 is 14.2 Å². The van der Waals surface area contributed by atoms with Gasteiger partial charge in [-0.05, 0) is 51.9 Å². The SMILES string of the molecule is CC(C)(C)[Si](Oc1cccc2c1CCCC2NCc1nc(-c2ccccc2)c(-c2ccccc2)o1)(c1ccccc1)c1ccccc1. The third-order valence-corrected chi connectivity index (χ3v) is 14.3. The van der Waals surface area contributed by atoms with Gasteiger partial charge in [0.1, 0.15) is 11.4 Å². The molecule has 1 aliphatic rings. The molecule has 0 saturated heterocycles. The number of hydrogen-bond donors (Lipinski definition) is 1. The van der Waals surface area contributed by atoms with Crippen molar-refractivity contribution < 1.29 is 8.84 Å². The van der Waals surface area contributed by atoms with E-state index in [1.807, 2.05) is 36.4 Å². The number of aromatic nitrogens is 1. The van der Waals surface area contributed by atoms with Crippen LogP contribution < -0.4 is 20.1 Å². The van der Waals surface area contributed by atoms with E-state index in [4.69, 9.17) is 13.8 Å². The molecule has 0 radical (unpaired) electrons. The predicted octanol–water partition coefficient (Wildman–Crippen LogP) is 9.11. The van der Waals surface area contributed by atoms with E-state index in [0.29, 0.717) is 12.4 Å². The minimum absolute atomic E-state index is 0.109. The maximum atomic E-state index is 7.55. The minimum Gasteiger partial charge on any atom is -0.534 e. The normalized spacial score (nSPS) is 14.8. The average molecular weight is 635 g/mol. The molecule has 0 fully saturated rings. The van der Waals surface area contributed by atoms with Crippen LogP contribution in [0, 0.1) is 0 Å². The third kappa shape index (κ3) is 6.09. The molecule has 0 bridgehead atoms. The number of fused-ring (bicyclic) bond motifs is 1. The summed E-state index contributed by atoms with van der Waals surface area (Å²) >= 11 is 0. The Morgan fingerprint density at radius 3 is 1.89 bits per heavy atom. The number of oxazole rings is 1. The van der Waals surface area contributed by atoms with Gasteiger partial charge in [0.2, 0.25) is 5.89 Å². The first-order chi connectivity index (χ1) is 22.9. The zero-order valence-corrected chi connectivity index (χ0v) is 28.4. The fourth-order valence-corrected chi connectivity index (χ4v) is 11.6. The largest absolute Gasteiger partial charge is 0.534 e. The van der Waals surface area contributed by atoms with Crippen molar-refractivity contribution in [1.82, 2.24) is 10.3 Å². The number of nitrogens with zero attached hydrogens (tertiary/aromatic N) is 1. The van der Waals surface area contributed by atoms with Crippen LogP contribution in [-0.2, 0) is 13.0 Å². The molecule has 1 heterocycles. The molecular formula is C42H42N2O2Si. The number of rotatable bonds is 9. The second-order valence-corrected chi connectivity index (χ2v) is 17.7. The zero-order valence-electron chi connectivity index (χ0n) is 27.4. The van der Waals surface area contributed by atoms with Crippen LogP contribution in [0.2, 0.25) is 5.04 Å². The lowest BCUT2D eigenvalue weighted by Crippen LogP contribution is -2.69. The van der Waals surface area contributed by atoms with E-state index < -0.39 is 8.32 Å². The van der Waals surface area contributed by atoms with E-state index in [2.05, 4.69) is 129 Å². The summed E-state index contributed by atoms with van der Waals surface area (Å²) in [5.74, 6) is 2.50. The van der Waals surface area contributed by atoms with Crippen LogP contribution in [0.5, 0.6) is 5.75 Å². The van der Waals surface area contributed by atoms with Crippen molar-refractivity contribution in [2.45, 2.75) is 57.7 Å². The van der Waals surface area contributed by atoms with Gasteiger partial charge in [-0.15, -0.1) is 0 Å². The molecule has 47 heavy (non-hydrogen) atoms. The van der Waals surface area contributed by atoms with Crippen molar-refractivity contribution in [2.24, 2.45) is 0 Å². The Bertz CT molecular complexity index is 1820. The lowest BCUT2D eigenvalue weighted by molar-refractivity contribution is 0.407. The molecule has 7 rings (SSSR count). The molecule has 1 aromatic heterocycles. The first-order valence-electron chi connectivity index (χ1n) is 16.7. The average Bonchev–Trinajstić information content (AvgIpc) is 3.55. The number of nitrogens with one attached hydrogen (secondary N) is 1. The van der Waals surface area contributed by atoms with Gasteiger partial charge in [0.15, 0.2) is 5.76 Å². The molecule has 0 saturated carbocycles. The molecular weight excluding hydrogens is 593 g/mol. The summed E-state index contributed by atoms with van der Waals surface area (Å²) in [6.45, 7) is 7.55. The Balaban J connectivity index is 1.21. The summed E-state index contributed by atoms with van der Waals surface area (Å²) in [6, 6.07) is 49.1. The van der Waals surface area contributed by atoms with E-state index in [-0.39, 0.29) is 11.1 Å². The first kappa shape index (κ1) is 30.9. The van der Waals surface area contributed by atoms with E-state index in [9.17, 15) is 0 Å².